The predicted octanol–water partition coefficient (Wildman–Crippen LogP) is 5.63. The maximum absolute atomic E-state index is 13.1. The Kier molecular flexibility index (Phi) is 5.39. The van der Waals surface area contributed by atoms with Crippen LogP contribution in [0.1, 0.15) is 20.8 Å². The summed E-state index contributed by atoms with van der Waals surface area (Å²) >= 11 is 9.57. The van der Waals surface area contributed by atoms with Crippen LogP contribution in [0.4, 0.5) is 0 Å². The summed E-state index contributed by atoms with van der Waals surface area (Å²) in [7, 11) is 0. The van der Waals surface area contributed by atoms with Crippen molar-refractivity contribution in [2.45, 2.75) is 17.2 Å². The van der Waals surface area contributed by atoms with Crippen molar-refractivity contribution in [3.05, 3.63) is 75.6 Å². The molecule has 3 aromatic rings. The third-order valence-electron chi connectivity index (χ3n) is 5.50. The highest BCUT2D eigenvalue weighted by Gasteiger charge is 2.27. The normalized spacial score (nSPS) is 16.4. The van der Waals surface area contributed by atoms with Crippen molar-refractivity contribution in [3.63, 3.8) is 0 Å². The predicted molar refractivity (Wildman–Crippen MR) is 122 cm³/mol. The molecular weight excluding hydrogens is 420 g/mol. The Hall–Kier alpha value is -1.79. The van der Waals surface area contributed by atoms with Gasteiger partial charge in [-0.3, -0.25) is 9.69 Å². The highest BCUT2D eigenvalue weighted by molar-refractivity contribution is 7.98. The number of halogens is 1. The van der Waals surface area contributed by atoms with Gasteiger partial charge in [0.05, 0.1) is 4.88 Å². The number of thioether (sulfide) groups is 1. The van der Waals surface area contributed by atoms with Gasteiger partial charge in [0.1, 0.15) is 0 Å². The Morgan fingerprint density at radius 2 is 1.79 bits per heavy atom. The second kappa shape index (κ2) is 8.15. The van der Waals surface area contributed by atoms with Crippen molar-refractivity contribution in [1.82, 2.24) is 9.80 Å². The zero-order chi connectivity index (χ0) is 19.8. The molecule has 3 nitrogen and oxygen atoms in total. The summed E-state index contributed by atoms with van der Waals surface area (Å²) in [6.45, 7) is 4.36. The van der Waals surface area contributed by atoms with Crippen LogP contribution in [-0.4, -0.2) is 41.9 Å². The van der Waals surface area contributed by atoms with E-state index in [2.05, 4.69) is 41.3 Å². The van der Waals surface area contributed by atoms with Gasteiger partial charge in [0.15, 0.2) is 0 Å². The highest BCUT2D eigenvalue weighted by atomic mass is 35.5. The van der Waals surface area contributed by atoms with E-state index in [-0.39, 0.29) is 5.91 Å². The molecule has 2 aliphatic heterocycles. The topological polar surface area (TPSA) is 23.6 Å². The second-order valence-corrected chi connectivity index (χ2v) is 9.95. The number of piperazine rings is 1. The number of carbonyl (C=O) groups is 1. The number of nitrogens with zero attached hydrogens (tertiary/aromatic N) is 2. The molecule has 148 valence electrons. The molecule has 0 aliphatic carbocycles. The van der Waals surface area contributed by atoms with Gasteiger partial charge in [-0.25, -0.2) is 0 Å². The maximum atomic E-state index is 13.1. The van der Waals surface area contributed by atoms with Gasteiger partial charge >= 0.3 is 0 Å². The van der Waals surface area contributed by atoms with Crippen molar-refractivity contribution in [3.8, 4) is 10.4 Å². The SMILES string of the molecule is O=C(c1cc2c(s1)-c1ccc(Cl)cc1SC2)N1CCN(Cc2ccccc2)CC1. The van der Waals surface area contributed by atoms with E-state index in [9.17, 15) is 4.79 Å². The van der Waals surface area contributed by atoms with Crippen LogP contribution in [0.2, 0.25) is 5.02 Å². The molecule has 1 fully saturated rings. The lowest BCUT2D eigenvalue weighted by Gasteiger charge is -2.34. The van der Waals surface area contributed by atoms with Gasteiger partial charge in [0.25, 0.3) is 5.91 Å². The minimum absolute atomic E-state index is 0.171. The molecule has 0 atom stereocenters. The fraction of sp³-hybridized carbons (Fsp3) is 0.261. The Labute approximate surface area is 184 Å². The molecule has 2 aliphatic rings. The van der Waals surface area contributed by atoms with E-state index in [0.717, 1.165) is 48.4 Å². The molecule has 0 saturated carbocycles. The largest absolute Gasteiger partial charge is 0.335 e. The average Bonchev–Trinajstić information content (AvgIpc) is 3.19. The van der Waals surface area contributed by atoms with Crippen LogP contribution in [0.5, 0.6) is 0 Å². The van der Waals surface area contributed by atoms with Crippen molar-refractivity contribution in [2.24, 2.45) is 0 Å². The molecule has 3 heterocycles. The van der Waals surface area contributed by atoms with Crippen LogP contribution in [0.25, 0.3) is 10.4 Å². The summed E-state index contributed by atoms with van der Waals surface area (Å²) in [6.07, 6.45) is 0. The van der Waals surface area contributed by atoms with Gasteiger partial charge in [0, 0.05) is 58.8 Å². The van der Waals surface area contributed by atoms with E-state index in [0.29, 0.717) is 0 Å². The zero-order valence-corrected chi connectivity index (χ0v) is 18.3. The summed E-state index contributed by atoms with van der Waals surface area (Å²) < 4.78 is 0. The van der Waals surface area contributed by atoms with E-state index in [1.165, 1.54) is 26.5 Å². The smallest absolute Gasteiger partial charge is 0.264 e. The van der Waals surface area contributed by atoms with Crippen LogP contribution in [0, 0.1) is 0 Å². The van der Waals surface area contributed by atoms with E-state index in [1.807, 2.05) is 23.1 Å². The molecule has 0 spiro atoms. The van der Waals surface area contributed by atoms with E-state index in [1.54, 1.807) is 23.1 Å². The number of benzene rings is 2. The number of rotatable bonds is 3. The summed E-state index contributed by atoms with van der Waals surface area (Å²) in [5, 5.41) is 0.765. The number of fused-ring (bicyclic) bond motifs is 3. The molecule has 0 N–H and O–H groups in total. The van der Waals surface area contributed by atoms with Gasteiger partial charge in [-0.05, 0) is 29.3 Å². The molecule has 0 radical (unpaired) electrons. The van der Waals surface area contributed by atoms with Crippen LogP contribution in [0.3, 0.4) is 0 Å². The van der Waals surface area contributed by atoms with Gasteiger partial charge < -0.3 is 4.90 Å². The second-order valence-electron chi connectivity index (χ2n) is 7.45. The van der Waals surface area contributed by atoms with Crippen LogP contribution in [0.15, 0.2) is 59.5 Å². The van der Waals surface area contributed by atoms with E-state index in [4.69, 9.17) is 11.6 Å². The first-order chi connectivity index (χ1) is 14.2. The molecule has 1 saturated heterocycles. The lowest BCUT2D eigenvalue weighted by atomic mass is 10.1. The molecule has 1 amide bonds. The van der Waals surface area contributed by atoms with Crippen molar-refractivity contribution >= 4 is 40.6 Å². The van der Waals surface area contributed by atoms with Crippen LogP contribution >= 0.6 is 34.7 Å². The monoisotopic (exact) mass is 440 g/mol. The quantitative estimate of drug-likeness (QED) is 0.527. The Balaban J connectivity index is 1.27. The minimum Gasteiger partial charge on any atom is -0.335 e. The Morgan fingerprint density at radius 3 is 2.59 bits per heavy atom. The van der Waals surface area contributed by atoms with Crippen LogP contribution < -0.4 is 0 Å². The number of amides is 1. The van der Waals surface area contributed by atoms with Crippen molar-refractivity contribution in [1.29, 1.82) is 0 Å². The standard InChI is InChI=1S/C23H21ClN2OS2/c24-18-6-7-19-20(13-18)28-15-17-12-21(29-22(17)19)23(27)26-10-8-25(9-11-26)14-16-4-2-1-3-5-16/h1-7,12-13H,8-11,14-15H2. The first-order valence-corrected chi connectivity index (χ1v) is 12.0. The number of hydrogen-bond acceptors (Lipinski definition) is 4. The molecule has 6 heteroatoms. The van der Waals surface area contributed by atoms with Crippen molar-refractivity contribution in [2.75, 3.05) is 26.2 Å². The van der Waals surface area contributed by atoms with Gasteiger partial charge in [-0.1, -0.05) is 48.0 Å². The first-order valence-electron chi connectivity index (χ1n) is 9.78. The lowest BCUT2D eigenvalue weighted by Crippen LogP contribution is -2.48. The average molecular weight is 441 g/mol. The number of hydrogen-bond donors (Lipinski definition) is 0. The highest BCUT2D eigenvalue weighted by Crippen LogP contribution is 2.46. The summed E-state index contributed by atoms with van der Waals surface area (Å²) in [5.41, 5.74) is 3.80. The Morgan fingerprint density at radius 1 is 1.00 bits per heavy atom. The molecule has 0 bridgehead atoms. The summed E-state index contributed by atoms with van der Waals surface area (Å²) in [5.74, 6) is 1.07. The molecule has 0 unspecified atom stereocenters. The fourth-order valence-electron chi connectivity index (χ4n) is 3.93. The van der Waals surface area contributed by atoms with E-state index < -0.39 is 0 Å². The number of carbonyl (C=O) groups excluding carboxylic acids is 1. The lowest BCUT2D eigenvalue weighted by molar-refractivity contribution is 0.0633. The first kappa shape index (κ1) is 19.2. The minimum atomic E-state index is 0.171. The van der Waals surface area contributed by atoms with Crippen LogP contribution in [-0.2, 0) is 12.3 Å². The zero-order valence-electron chi connectivity index (χ0n) is 15.9. The maximum Gasteiger partial charge on any atom is 0.264 e. The fourth-order valence-corrected chi connectivity index (χ4v) is 6.59. The van der Waals surface area contributed by atoms with Crippen molar-refractivity contribution < 1.29 is 4.79 Å². The molecular formula is C23H21ClN2OS2. The third-order valence-corrected chi connectivity index (χ3v) is 8.04. The van der Waals surface area contributed by atoms with E-state index >= 15 is 0 Å². The van der Waals surface area contributed by atoms with Gasteiger partial charge in [-0.2, -0.15) is 0 Å². The Bertz CT molecular complexity index is 1040. The summed E-state index contributed by atoms with van der Waals surface area (Å²) in [6, 6.07) is 18.7. The molecule has 29 heavy (non-hydrogen) atoms. The third kappa shape index (κ3) is 3.97. The van der Waals surface area contributed by atoms with Gasteiger partial charge in [-0.15, -0.1) is 23.1 Å². The molecule has 2 aromatic carbocycles. The molecule has 5 rings (SSSR count). The molecule has 1 aromatic heterocycles. The van der Waals surface area contributed by atoms with Gasteiger partial charge in [0.2, 0.25) is 0 Å². The number of thiophene rings is 1. The summed E-state index contributed by atoms with van der Waals surface area (Å²) in [4.78, 5) is 20.9.